The summed E-state index contributed by atoms with van der Waals surface area (Å²) in [5, 5.41) is 13.9. The molecule has 0 saturated carbocycles. The molecule has 0 aliphatic heterocycles. The van der Waals surface area contributed by atoms with Crippen LogP contribution in [0.3, 0.4) is 0 Å². The summed E-state index contributed by atoms with van der Waals surface area (Å²) in [6.07, 6.45) is 0. The molecule has 0 aliphatic rings. The van der Waals surface area contributed by atoms with Crippen molar-refractivity contribution in [2.75, 3.05) is 5.32 Å². The molecule has 0 spiro atoms. The van der Waals surface area contributed by atoms with Crippen LogP contribution in [0.4, 0.5) is 5.13 Å². The van der Waals surface area contributed by atoms with Crippen molar-refractivity contribution in [1.82, 2.24) is 4.98 Å². The van der Waals surface area contributed by atoms with Gasteiger partial charge in [-0.15, -0.1) is 11.3 Å². The first kappa shape index (κ1) is 16.6. The minimum atomic E-state index is -0.282. The first-order valence-electron chi connectivity index (χ1n) is 7.45. The molecule has 1 aromatic heterocycles. The second-order valence-corrected chi connectivity index (χ2v) is 6.17. The molecule has 0 atom stereocenters. The molecule has 3 aromatic rings. The van der Waals surface area contributed by atoms with Gasteiger partial charge in [0.05, 0.1) is 17.3 Å². The number of nitrogens with one attached hydrogen (secondary N) is 1. The van der Waals surface area contributed by atoms with Crippen molar-refractivity contribution in [2.24, 2.45) is 0 Å². The summed E-state index contributed by atoms with van der Waals surface area (Å²) < 4.78 is 0. The molecular formula is C19H13N3O2S. The molecule has 0 unspecified atom stereocenters. The van der Waals surface area contributed by atoms with Gasteiger partial charge in [0.25, 0.3) is 5.91 Å². The zero-order chi connectivity index (χ0) is 17.8. The standard InChI is InChI=1S/C19H13N3O2S/c1-12(23)14-6-8-16(9-7-14)18(24)22-19-21-17(11-25-19)15-4-2-13(10-20)3-5-15/h2-9,11H,1H3,(H,21,22,24). The molecule has 1 heterocycles. The predicted octanol–water partition coefficient (Wildman–Crippen LogP) is 4.14. The van der Waals surface area contributed by atoms with E-state index in [1.54, 1.807) is 36.4 Å². The fourth-order valence-electron chi connectivity index (χ4n) is 2.20. The van der Waals surface area contributed by atoms with Gasteiger partial charge >= 0.3 is 0 Å². The molecule has 122 valence electrons. The van der Waals surface area contributed by atoms with E-state index in [-0.39, 0.29) is 11.7 Å². The number of nitriles is 1. The molecule has 0 saturated heterocycles. The fraction of sp³-hybridized carbons (Fsp3) is 0.0526. The smallest absolute Gasteiger partial charge is 0.257 e. The highest BCUT2D eigenvalue weighted by Crippen LogP contribution is 2.25. The van der Waals surface area contributed by atoms with Crippen molar-refractivity contribution in [1.29, 1.82) is 5.26 Å². The Bertz CT molecular complexity index is 967. The van der Waals surface area contributed by atoms with Gasteiger partial charge in [-0.05, 0) is 31.2 Å². The van der Waals surface area contributed by atoms with Crippen LogP contribution >= 0.6 is 11.3 Å². The van der Waals surface area contributed by atoms with E-state index >= 15 is 0 Å². The molecular weight excluding hydrogens is 334 g/mol. The highest BCUT2D eigenvalue weighted by Gasteiger charge is 2.10. The van der Waals surface area contributed by atoms with Crippen molar-refractivity contribution in [3.05, 3.63) is 70.6 Å². The summed E-state index contributed by atoms with van der Waals surface area (Å²) in [6, 6.07) is 15.6. The number of thiazole rings is 1. The van der Waals surface area contributed by atoms with E-state index in [0.717, 1.165) is 11.3 Å². The van der Waals surface area contributed by atoms with Gasteiger partial charge in [-0.25, -0.2) is 4.98 Å². The quantitative estimate of drug-likeness (QED) is 0.719. The van der Waals surface area contributed by atoms with Gasteiger partial charge in [-0.1, -0.05) is 24.3 Å². The van der Waals surface area contributed by atoms with Gasteiger partial charge in [-0.2, -0.15) is 5.26 Å². The van der Waals surface area contributed by atoms with Gasteiger partial charge in [0.2, 0.25) is 0 Å². The maximum absolute atomic E-state index is 12.3. The maximum atomic E-state index is 12.3. The first-order valence-corrected chi connectivity index (χ1v) is 8.33. The molecule has 0 radical (unpaired) electrons. The lowest BCUT2D eigenvalue weighted by atomic mass is 10.1. The van der Waals surface area contributed by atoms with Crippen molar-refractivity contribution in [2.45, 2.75) is 6.92 Å². The highest BCUT2D eigenvalue weighted by molar-refractivity contribution is 7.14. The number of carbonyl (C=O) groups is 2. The van der Waals surface area contributed by atoms with E-state index in [2.05, 4.69) is 16.4 Å². The van der Waals surface area contributed by atoms with Crippen molar-refractivity contribution in [3.63, 3.8) is 0 Å². The lowest BCUT2D eigenvalue weighted by Crippen LogP contribution is -2.11. The highest BCUT2D eigenvalue weighted by atomic mass is 32.1. The van der Waals surface area contributed by atoms with Crippen LogP contribution in [0.25, 0.3) is 11.3 Å². The number of rotatable bonds is 4. The molecule has 3 rings (SSSR count). The SMILES string of the molecule is CC(=O)c1ccc(C(=O)Nc2nc(-c3ccc(C#N)cc3)cs2)cc1. The van der Waals surface area contributed by atoms with Crippen LogP contribution in [0.15, 0.2) is 53.9 Å². The van der Waals surface area contributed by atoms with Crippen LogP contribution in [0.1, 0.15) is 33.2 Å². The number of carbonyl (C=O) groups excluding carboxylic acids is 2. The Hall–Kier alpha value is -3.30. The van der Waals surface area contributed by atoms with E-state index in [1.807, 2.05) is 17.5 Å². The summed E-state index contributed by atoms with van der Waals surface area (Å²) in [7, 11) is 0. The van der Waals surface area contributed by atoms with Gasteiger partial charge in [-0.3, -0.25) is 14.9 Å². The summed E-state index contributed by atoms with van der Waals surface area (Å²) >= 11 is 1.32. The van der Waals surface area contributed by atoms with Gasteiger partial charge in [0.1, 0.15) is 0 Å². The molecule has 1 amide bonds. The monoisotopic (exact) mass is 347 g/mol. The summed E-state index contributed by atoms with van der Waals surface area (Å²) in [4.78, 5) is 27.9. The van der Waals surface area contributed by atoms with E-state index < -0.39 is 0 Å². The minimum absolute atomic E-state index is 0.0426. The number of ketones is 1. The van der Waals surface area contributed by atoms with Crippen molar-refractivity contribution < 1.29 is 9.59 Å². The number of aromatic nitrogens is 1. The van der Waals surface area contributed by atoms with Crippen LogP contribution in [0.2, 0.25) is 0 Å². The second-order valence-electron chi connectivity index (χ2n) is 5.31. The normalized spacial score (nSPS) is 10.1. The van der Waals surface area contributed by atoms with Crippen molar-refractivity contribution >= 4 is 28.2 Å². The number of Topliss-reactive ketones (excluding diaryl/α,β-unsaturated/α-hetero) is 1. The van der Waals surface area contributed by atoms with Crippen LogP contribution in [0.5, 0.6) is 0 Å². The first-order chi connectivity index (χ1) is 12.1. The topological polar surface area (TPSA) is 82.8 Å². The van der Waals surface area contributed by atoms with Crippen LogP contribution in [-0.4, -0.2) is 16.7 Å². The third kappa shape index (κ3) is 3.79. The summed E-state index contributed by atoms with van der Waals surface area (Å²) in [5.41, 5.74) is 3.22. The Labute approximate surface area is 148 Å². The molecule has 0 fully saturated rings. The van der Waals surface area contributed by atoms with Crippen LogP contribution < -0.4 is 5.32 Å². The number of amides is 1. The zero-order valence-corrected chi connectivity index (χ0v) is 14.1. The van der Waals surface area contributed by atoms with Crippen LogP contribution in [0, 0.1) is 11.3 Å². The number of benzene rings is 2. The molecule has 25 heavy (non-hydrogen) atoms. The predicted molar refractivity (Wildman–Crippen MR) is 96.7 cm³/mol. The van der Waals surface area contributed by atoms with E-state index in [1.165, 1.54) is 18.3 Å². The summed E-state index contributed by atoms with van der Waals surface area (Å²) in [6.45, 7) is 1.48. The maximum Gasteiger partial charge on any atom is 0.257 e. The van der Waals surface area contributed by atoms with Crippen LogP contribution in [-0.2, 0) is 0 Å². The van der Waals surface area contributed by atoms with E-state index in [0.29, 0.717) is 21.8 Å². The second kappa shape index (κ2) is 7.07. The molecule has 0 bridgehead atoms. The fourth-order valence-corrected chi connectivity index (χ4v) is 2.92. The Morgan fingerprint density at radius 3 is 2.28 bits per heavy atom. The average Bonchev–Trinajstić information content (AvgIpc) is 3.10. The van der Waals surface area contributed by atoms with Gasteiger partial charge in [0, 0.05) is 22.1 Å². The Balaban J connectivity index is 1.73. The van der Waals surface area contributed by atoms with Gasteiger partial charge in [0.15, 0.2) is 10.9 Å². The summed E-state index contributed by atoms with van der Waals surface area (Å²) in [5.74, 6) is -0.324. The number of nitrogens with zero attached hydrogens (tertiary/aromatic N) is 2. The molecule has 5 nitrogen and oxygen atoms in total. The Morgan fingerprint density at radius 1 is 1.04 bits per heavy atom. The van der Waals surface area contributed by atoms with Crippen molar-refractivity contribution in [3.8, 4) is 17.3 Å². The molecule has 6 heteroatoms. The number of hydrogen-bond acceptors (Lipinski definition) is 5. The third-order valence-corrected chi connectivity index (χ3v) is 4.35. The number of hydrogen-bond donors (Lipinski definition) is 1. The lowest BCUT2D eigenvalue weighted by Gasteiger charge is -2.02. The average molecular weight is 347 g/mol. The zero-order valence-electron chi connectivity index (χ0n) is 13.3. The van der Waals surface area contributed by atoms with E-state index in [9.17, 15) is 9.59 Å². The Kier molecular flexibility index (Phi) is 4.68. The lowest BCUT2D eigenvalue weighted by molar-refractivity contribution is 0.100. The Morgan fingerprint density at radius 2 is 1.68 bits per heavy atom. The molecule has 0 aliphatic carbocycles. The minimum Gasteiger partial charge on any atom is -0.298 e. The number of anilines is 1. The largest absolute Gasteiger partial charge is 0.298 e. The third-order valence-electron chi connectivity index (χ3n) is 3.59. The molecule has 2 aromatic carbocycles. The molecule has 1 N–H and O–H groups in total. The van der Waals surface area contributed by atoms with E-state index in [4.69, 9.17) is 5.26 Å². The van der Waals surface area contributed by atoms with Gasteiger partial charge < -0.3 is 0 Å².